The largest absolute Gasteiger partial charge is 0.373 e. The molecule has 0 unspecified atom stereocenters. The summed E-state index contributed by atoms with van der Waals surface area (Å²) in [6.45, 7) is 3.69. The fraction of sp³-hybridized carbons (Fsp3) is 0.200. The first-order valence-corrected chi connectivity index (χ1v) is 6.35. The Hall–Kier alpha value is -1.87. The number of halogens is 1. The number of nitrogens with one attached hydrogen (secondary N) is 1. The Labute approximate surface area is 117 Å². The lowest BCUT2D eigenvalue weighted by Crippen LogP contribution is -2.40. The van der Waals surface area contributed by atoms with E-state index in [9.17, 15) is 4.79 Å². The molecule has 19 heavy (non-hydrogen) atoms. The van der Waals surface area contributed by atoms with Crippen molar-refractivity contribution >= 4 is 23.1 Å². The summed E-state index contributed by atoms with van der Waals surface area (Å²) in [6.07, 6.45) is 3.23. The van der Waals surface area contributed by atoms with Crippen LogP contribution < -0.4 is 5.32 Å². The topological polar surface area (TPSA) is 42.0 Å². The smallest absolute Gasteiger partial charge is 0.189 e. The number of hydrogen-bond acceptors (Lipinski definition) is 3. The summed E-state index contributed by atoms with van der Waals surface area (Å²) in [5.74, 6) is -0.00412. The number of Topliss-reactive ketones (excluding diaryl/α,β-unsaturated/α-hetero) is 1. The number of carbonyl (C=O) groups is 1. The molecule has 0 fully saturated rings. The number of ketones is 1. The van der Waals surface area contributed by atoms with Gasteiger partial charge in [0.2, 0.25) is 0 Å². The molecule has 4 heteroatoms. The molecule has 0 saturated heterocycles. The predicted octanol–water partition coefficient (Wildman–Crippen LogP) is 3.81. The van der Waals surface area contributed by atoms with E-state index in [2.05, 4.69) is 10.3 Å². The van der Waals surface area contributed by atoms with Gasteiger partial charge in [-0.25, -0.2) is 0 Å². The van der Waals surface area contributed by atoms with E-state index in [-0.39, 0.29) is 5.78 Å². The van der Waals surface area contributed by atoms with Crippen LogP contribution in [0.25, 0.3) is 0 Å². The van der Waals surface area contributed by atoms with Crippen LogP contribution in [0.1, 0.15) is 24.2 Å². The highest BCUT2D eigenvalue weighted by molar-refractivity contribution is 6.30. The normalized spacial score (nSPS) is 11.1. The van der Waals surface area contributed by atoms with Crippen LogP contribution in [0.3, 0.4) is 0 Å². The molecule has 98 valence electrons. The van der Waals surface area contributed by atoms with Crippen molar-refractivity contribution in [2.24, 2.45) is 0 Å². The Morgan fingerprint density at radius 3 is 2.47 bits per heavy atom. The fourth-order valence-corrected chi connectivity index (χ4v) is 1.93. The highest BCUT2D eigenvalue weighted by Crippen LogP contribution is 2.21. The second kappa shape index (κ2) is 5.41. The Morgan fingerprint density at radius 1 is 1.21 bits per heavy atom. The highest BCUT2D eigenvalue weighted by Gasteiger charge is 2.28. The van der Waals surface area contributed by atoms with E-state index in [1.54, 1.807) is 36.7 Å². The maximum atomic E-state index is 12.4. The van der Waals surface area contributed by atoms with Crippen LogP contribution in [0.15, 0.2) is 48.8 Å². The standard InChI is InChI=1S/C15H15ClN2O/c1-15(2,14(19)11-4-3-9-17-10-11)18-13-7-5-12(16)6-8-13/h3-10,18H,1-2H3. The minimum absolute atomic E-state index is 0.00412. The average Bonchev–Trinajstić information content (AvgIpc) is 2.41. The van der Waals surface area contributed by atoms with Gasteiger partial charge < -0.3 is 5.32 Å². The molecule has 1 aromatic heterocycles. The van der Waals surface area contributed by atoms with Gasteiger partial charge in [-0.2, -0.15) is 0 Å². The van der Waals surface area contributed by atoms with Gasteiger partial charge in [-0.05, 0) is 50.2 Å². The van der Waals surface area contributed by atoms with Gasteiger partial charge in [0.15, 0.2) is 5.78 Å². The zero-order valence-electron chi connectivity index (χ0n) is 10.9. The van der Waals surface area contributed by atoms with Crippen LogP contribution in [-0.2, 0) is 0 Å². The Bertz CT molecular complexity index is 564. The maximum absolute atomic E-state index is 12.4. The van der Waals surface area contributed by atoms with Gasteiger partial charge in [0.25, 0.3) is 0 Å². The molecule has 2 aromatic rings. The van der Waals surface area contributed by atoms with Crippen LogP contribution in [0, 0.1) is 0 Å². The SMILES string of the molecule is CC(C)(Nc1ccc(Cl)cc1)C(=O)c1cccnc1. The van der Waals surface area contributed by atoms with Gasteiger partial charge in [0.05, 0.1) is 5.54 Å². The summed E-state index contributed by atoms with van der Waals surface area (Å²) in [4.78, 5) is 16.4. The minimum atomic E-state index is -0.711. The number of aromatic nitrogens is 1. The molecule has 0 aliphatic heterocycles. The molecule has 0 spiro atoms. The van der Waals surface area contributed by atoms with Crippen molar-refractivity contribution in [3.8, 4) is 0 Å². The number of anilines is 1. The van der Waals surface area contributed by atoms with Crippen molar-refractivity contribution < 1.29 is 4.79 Å². The minimum Gasteiger partial charge on any atom is -0.373 e. The van der Waals surface area contributed by atoms with Crippen molar-refractivity contribution in [1.29, 1.82) is 0 Å². The highest BCUT2D eigenvalue weighted by atomic mass is 35.5. The molecule has 3 nitrogen and oxygen atoms in total. The van der Waals surface area contributed by atoms with E-state index in [4.69, 9.17) is 11.6 Å². The van der Waals surface area contributed by atoms with Gasteiger partial charge in [-0.15, -0.1) is 0 Å². The van der Waals surface area contributed by atoms with Crippen LogP contribution in [-0.4, -0.2) is 16.3 Å². The predicted molar refractivity (Wildman–Crippen MR) is 77.7 cm³/mol. The van der Waals surface area contributed by atoms with E-state index in [1.807, 2.05) is 26.0 Å². The Kier molecular flexibility index (Phi) is 3.86. The molecule has 1 N–H and O–H groups in total. The zero-order chi connectivity index (χ0) is 13.9. The average molecular weight is 275 g/mol. The quantitative estimate of drug-likeness (QED) is 0.862. The molecule has 1 aromatic carbocycles. The van der Waals surface area contributed by atoms with Gasteiger partial charge in [-0.1, -0.05) is 11.6 Å². The molecule has 0 radical (unpaired) electrons. The van der Waals surface area contributed by atoms with E-state index in [0.717, 1.165) is 5.69 Å². The number of pyridine rings is 1. The van der Waals surface area contributed by atoms with Crippen LogP contribution in [0.2, 0.25) is 5.02 Å². The third-order valence-corrected chi connectivity index (χ3v) is 3.04. The molecule has 1 heterocycles. The van der Waals surface area contributed by atoms with Crippen molar-refractivity contribution in [1.82, 2.24) is 4.98 Å². The lowest BCUT2D eigenvalue weighted by molar-refractivity contribution is 0.0926. The first-order valence-electron chi connectivity index (χ1n) is 5.97. The molecule has 0 saturated carbocycles. The molecular formula is C15H15ClN2O. The summed E-state index contributed by atoms with van der Waals surface area (Å²) in [7, 11) is 0. The van der Waals surface area contributed by atoms with Crippen molar-refractivity contribution in [2.45, 2.75) is 19.4 Å². The Morgan fingerprint density at radius 2 is 1.89 bits per heavy atom. The number of carbonyl (C=O) groups excluding carboxylic acids is 1. The third-order valence-electron chi connectivity index (χ3n) is 2.79. The van der Waals surface area contributed by atoms with E-state index < -0.39 is 5.54 Å². The van der Waals surface area contributed by atoms with E-state index in [1.165, 1.54) is 0 Å². The number of hydrogen-bond donors (Lipinski definition) is 1. The number of rotatable bonds is 4. The zero-order valence-corrected chi connectivity index (χ0v) is 11.6. The molecule has 0 aliphatic carbocycles. The van der Waals surface area contributed by atoms with Gasteiger partial charge in [0.1, 0.15) is 0 Å². The molecule has 0 aliphatic rings. The van der Waals surface area contributed by atoms with Crippen LogP contribution in [0.5, 0.6) is 0 Å². The summed E-state index contributed by atoms with van der Waals surface area (Å²) in [6, 6.07) is 10.8. The first kappa shape index (κ1) is 13.6. The van der Waals surface area contributed by atoms with Crippen LogP contribution >= 0.6 is 11.6 Å². The van der Waals surface area contributed by atoms with Crippen molar-refractivity contribution in [3.05, 3.63) is 59.4 Å². The van der Waals surface area contributed by atoms with E-state index in [0.29, 0.717) is 10.6 Å². The Balaban J connectivity index is 2.18. The molecular weight excluding hydrogens is 260 g/mol. The molecule has 0 amide bonds. The fourth-order valence-electron chi connectivity index (χ4n) is 1.81. The van der Waals surface area contributed by atoms with Gasteiger partial charge in [-0.3, -0.25) is 9.78 Å². The van der Waals surface area contributed by atoms with Crippen LogP contribution in [0.4, 0.5) is 5.69 Å². The van der Waals surface area contributed by atoms with Gasteiger partial charge in [0, 0.05) is 28.7 Å². The van der Waals surface area contributed by atoms with Crippen molar-refractivity contribution in [2.75, 3.05) is 5.32 Å². The maximum Gasteiger partial charge on any atom is 0.189 e. The third kappa shape index (κ3) is 3.32. The van der Waals surface area contributed by atoms with Gasteiger partial charge >= 0.3 is 0 Å². The second-order valence-corrected chi connectivity index (χ2v) is 5.26. The summed E-state index contributed by atoms with van der Waals surface area (Å²) in [5.41, 5.74) is 0.734. The first-order chi connectivity index (χ1) is 8.99. The molecule has 0 atom stereocenters. The lowest BCUT2D eigenvalue weighted by Gasteiger charge is -2.26. The second-order valence-electron chi connectivity index (χ2n) is 4.83. The lowest BCUT2D eigenvalue weighted by atomic mass is 9.94. The number of benzene rings is 1. The number of nitrogens with zero attached hydrogens (tertiary/aromatic N) is 1. The van der Waals surface area contributed by atoms with E-state index >= 15 is 0 Å². The molecule has 2 rings (SSSR count). The molecule has 0 bridgehead atoms. The van der Waals surface area contributed by atoms with Crippen molar-refractivity contribution in [3.63, 3.8) is 0 Å². The summed E-state index contributed by atoms with van der Waals surface area (Å²) < 4.78 is 0. The monoisotopic (exact) mass is 274 g/mol. The summed E-state index contributed by atoms with van der Waals surface area (Å²) >= 11 is 5.84. The summed E-state index contributed by atoms with van der Waals surface area (Å²) in [5, 5.41) is 3.88.